The van der Waals surface area contributed by atoms with Crippen LogP contribution in [-0.2, 0) is 0 Å². The zero-order valence-electron chi connectivity index (χ0n) is 17.1. The van der Waals surface area contributed by atoms with E-state index < -0.39 is 11.7 Å². The Kier molecular flexibility index (Phi) is 6.04. The van der Waals surface area contributed by atoms with Gasteiger partial charge in [0.1, 0.15) is 0 Å². The number of piperazine rings is 1. The van der Waals surface area contributed by atoms with Crippen molar-refractivity contribution >= 4 is 11.6 Å². The van der Waals surface area contributed by atoms with Gasteiger partial charge in [-0.25, -0.2) is 9.37 Å². The first-order valence-electron chi connectivity index (χ1n) is 10.2. The summed E-state index contributed by atoms with van der Waals surface area (Å²) >= 11 is 0. The Morgan fingerprint density at radius 2 is 2.00 bits per heavy atom. The average Bonchev–Trinajstić information content (AvgIpc) is 3.18. The number of carbonyl (C=O) groups excluding carboxylic acids is 1. The van der Waals surface area contributed by atoms with Gasteiger partial charge in [-0.1, -0.05) is 27.2 Å². The van der Waals surface area contributed by atoms with E-state index in [2.05, 4.69) is 40.9 Å². The number of aromatic nitrogens is 1. The molecule has 0 radical (unpaired) electrons. The molecule has 3 rings (SSSR count). The molecule has 0 aromatic carbocycles. The molecule has 1 aromatic rings. The van der Waals surface area contributed by atoms with E-state index in [1.54, 1.807) is 6.20 Å². The van der Waals surface area contributed by atoms with Crippen molar-refractivity contribution in [1.29, 1.82) is 0 Å². The summed E-state index contributed by atoms with van der Waals surface area (Å²) in [6.07, 6.45) is 6.78. The molecule has 27 heavy (non-hydrogen) atoms. The Balaban J connectivity index is 1.57. The number of pyridine rings is 1. The van der Waals surface area contributed by atoms with Crippen molar-refractivity contribution in [2.24, 2.45) is 11.3 Å². The van der Waals surface area contributed by atoms with E-state index in [4.69, 9.17) is 0 Å². The second kappa shape index (κ2) is 8.13. The molecule has 150 valence electrons. The van der Waals surface area contributed by atoms with Gasteiger partial charge in [-0.05, 0) is 30.6 Å². The second-order valence-electron chi connectivity index (χ2n) is 8.63. The van der Waals surface area contributed by atoms with E-state index in [0.717, 1.165) is 37.8 Å². The largest absolute Gasteiger partial charge is 0.368 e. The summed E-state index contributed by atoms with van der Waals surface area (Å²) in [5, 5.41) is 2.41. The Morgan fingerprint density at radius 1 is 1.30 bits per heavy atom. The monoisotopic (exact) mass is 376 g/mol. The fourth-order valence-corrected chi connectivity index (χ4v) is 4.52. The maximum Gasteiger partial charge on any atom is 0.272 e. The number of nitrogens with one attached hydrogen (secondary N) is 1. The van der Waals surface area contributed by atoms with Crippen LogP contribution in [0.2, 0.25) is 0 Å². The van der Waals surface area contributed by atoms with E-state index in [1.165, 1.54) is 38.8 Å². The molecule has 2 unspecified atom stereocenters. The maximum absolute atomic E-state index is 14.2. The second-order valence-corrected chi connectivity index (χ2v) is 8.63. The van der Waals surface area contributed by atoms with Crippen molar-refractivity contribution < 1.29 is 9.18 Å². The first-order chi connectivity index (χ1) is 12.9. The molecule has 2 fully saturated rings. The third kappa shape index (κ3) is 4.26. The highest BCUT2D eigenvalue weighted by Crippen LogP contribution is 2.43. The zero-order valence-corrected chi connectivity index (χ0v) is 17.1. The lowest BCUT2D eigenvalue weighted by atomic mass is 9.76. The number of hydrogen-bond donors (Lipinski definition) is 1. The highest BCUT2D eigenvalue weighted by Gasteiger charge is 2.37. The number of amides is 1. The van der Waals surface area contributed by atoms with E-state index in [-0.39, 0.29) is 5.69 Å². The fraction of sp³-hybridized carbons (Fsp3) is 0.714. The Morgan fingerprint density at radius 3 is 2.59 bits per heavy atom. The van der Waals surface area contributed by atoms with Crippen molar-refractivity contribution in [1.82, 2.24) is 15.2 Å². The van der Waals surface area contributed by atoms with Crippen LogP contribution in [0.3, 0.4) is 0 Å². The van der Waals surface area contributed by atoms with Gasteiger partial charge in [0.05, 0.1) is 11.9 Å². The average molecular weight is 377 g/mol. The van der Waals surface area contributed by atoms with Crippen LogP contribution in [0.4, 0.5) is 10.1 Å². The summed E-state index contributed by atoms with van der Waals surface area (Å²) in [6, 6.07) is 2.12. The first kappa shape index (κ1) is 20.1. The van der Waals surface area contributed by atoms with Gasteiger partial charge < -0.3 is 10.2 Å². The van der Waals surface area contributed by atoms with E-state index in [0.29, 0.717) is 11.5 Å². The van der Waals surface area contributed by atoms with Crippen molar-refractivity contribution in [2.45, 2.75) is 52.5 Å². The van der Waals surface area contributed by atoms with Crippen LogP contribution in [0.5, 0.6) is 0 Å². The van der Waals surface area contributed by atoms with E-state index >= 15 is 0 Å². The Hall–Kier alpha value is -1.69. The first-order valence-corrected chi connectivity index (χ1v) is 10.2. The zero-order chi connectivity index (χ0) is 19.6. The molecule has 0 bridgehead atoms. The van der Waals surface area contributed by atoms with Gasteiger partial charge in [0.15, 0.2) is 11.5 Å². The summed E-state index contributed by atoms with van der Waals surface area (Å²) in [7, 11) is 1.48. The standard InChI is InChI=1S/C21H33FN4O/c1-5-21(2,3)15-6-7-16(12-15)25-8-10-26(11-9-25)17-13-18(22)19(24-14-17)20(27)23-4/h13-16H,5-12H2,1-4H3,(H,23,27). The van der Waals surface area contributed by atoms with Crippen LogP contribution in [0.25, 0.3) is 0 Å². The molecule has 1 aromatic heterocycles. The van der Waals surface area contributed by atoms with Gasteiger partial charge in [-0.15, -0.1) is 0 Å². The van der Waals surface area contributed by atoms with Gasteiger partial charge >= 0.3 is 0 Å². The summed E-state index contributed by atoms with van der Waals surface area (Å²) in [5.74, 6) is -0.231. The molecule has 1 aliphatic carbocycles. The SMILES string of the molecule is CCC(C)(C)C1CCC(N2CCN(c3cnc(C(=O)NC)c(F)c3)CC2)C1. The lowest BCUT2D eigenvalue weighted by molar-refractivity contribution is 0.0953. The lowest BCUT2D eigenvalue weighted by Crippen LogP contribution is -2.50. The van der Waals surface area contributed by atoms with Crippen LogP contribution in [0.15, 0.2) is 12.3 Å². The summed E-state index contributed by atoms with van der Waals surface area (Å²) in [5.41, 5.74) is 1.05. The minimum absolute atomic E-state index is 0.143. The molecule has 2 heterocycles. The number of nitrogens with zero attached hydrogens (tertiary/aromatic N) is 3. The van der Waals surface area contributed by atoms with Crippen molar-refractivity contribution in [3.05, 3.63) is 23.8 Å². The number of hydrogen-bond acceptors (Lipinski definition) is 4. The number of anilines is 1. The van der Waals surface area contributed by atoms with E-state index in [9.17, 15) is 9.18 Å². The highest BCUT2D eigenvalue weighted by molar-refractivity contribution is 5.92. The van der Waals surface area contributed by atoms with Gasteiger partial charge in [-0.3, -0.25) is 9.69 Å². The van der Waals surface area contributed by atoms with E-state index in [1.807, 2.05) is 0 Å². The lowest BCUT2D eigenvalue weighted by Gasteiger charge is -2.39. The van der Waals surface area contributed by atoms with Crippen LogP contribution in [-0.4, -0.2) is 55.1 Å². The normalized spacial score (nSPS) is 24.3. The fourth-order valence-electron chi connectivity index (χ4n) is 4.52. The third-order valence-corrected chi connectivity index (χ3v) is 6.89. The molecule has 2 atom stereocenters. The summed E-state index contributed by atoms with van der Waals surface area (Å²) in [6.45, 7) is 10.9. The van der Waals surface area contributed by atoms with Crippen LogP contribution in [0.1, 0.15) is 56.9 Å². The molecule has 1 N–H and O–H groups in total. The molecule has 5 nitrogen and oxygen atoms in total. The predicted molar refractivity (Wildman–Crippen MR) is 107 cm³/mol. The highest BCUT2D eigenvalue weighted by atomic mass is 19.1. The molecule has 0 spiro atoms. The van der Waals surface area contributed by atoms with Crippen molar-refractivity contribution in [3.63, 3.8) is 0 Å². The maximum atomic E-state index is 14.2. The summed E-state index contributed by atoms with van der Waals surface area (Å²) < 4.78 is 14.2. The Labute approximate surface area is 162 Å². The van der Waals surface area contributed by atoms with Crippen molar-refractivity contribution in [3.8, 4) is 0 Å². The predicted octanol–water partition coefficient (Wildman–Crippen LogP) is 3.31. The summed E-state index contributed by atoms with van der Waals surface area (Å²) in [4.78, 5) is 20.4. The minimum atomic E-state index is -0.560. The molecule has 1 amide bonds. The van der Waals surface area contributed by atoms with Gasteiger partial charge in [0.25, 0.3) is 5.91 Å². The molecule has 1 saturated heterocycles. The molecular formula is C21H33FN4O. The third-order valence-electron chi connectivity index (χ3n) is 6.89. The van der Waals surface area contributed by atoms with Crippen molar-refractivity contribution in [2.75, 3.05) is 38.1 Å². The van der Waals surface area contributed by atoms with Crippen LogP contribution in [0, 0.1) is 17.2 Å². The van der Waals surface area contributed by atoms with Gasteiger partial charge in [0.2, 0.25) is 0 Å². The minimum Gasteiger partial charge on any atom is -0.368 e. The number of halogens is 1. The molecular weight excluding hydrogens is 343 g/mol. The molecule has 6 heteroatoms. The van der Waals surface area contributed by atoms with Crippen LogP contribution >= 0.6 is 0 Å². The van der Waals surface area contributed by atoms with Crippen LogP contribution < -0.4 is 10.2 Å². The number of rotatable bonds is 5. The Bertz CT molecular complexity index is 670. The van der Waals surface area contributed by atoms with Gasteiger partial charge in [-0.2, -0.15) is 0 Å². The molecule has 2 aliphatic rings. The smallest absolute Gasteiger partial charge is 0.272 e. The van der Waals surface area contributed by atoms with Gasteiger partial charge in [0, 0.05) is 45.3 Å². The molecule has 1 saturated carbocycles. The number of carbonyl (C=O) groups is 1. The quantitative estimate of drug-likeness (QED) is 0.857. The topological polar surface area (TPSA) is 48.5 Å². The molecule has 1 aliphatic heterocycles.